The summed E-state index contributed by atoms with van der Waals surface area (Å²) in [7, 11) is 0. The van der Waals surface area contributed by atoms with Crippen molar-refractivity contribution < 1.29 is 4.74 Å². The molecular weight excluding hydrogens is 138 g/mol. The lowest BCUT2D eigenvalue weighted by Gasteiger charge is -2.26. The summed E-state index contributed by atoms with van der Waals surface area (Å²) >= 11 is 0. The highest BCUT2D eigenvalue weighted by Crippen LogP contribution is 2.32. The summed E-state index contributed by atoms with van der Waals surface area (Å²) in [6.07, 6.45) is 3.04. The molecule has 0 radical (unpaired) electrons. The van der Waals surface area contributed by atoms with Gasteiger partial charge in [0.1, 0.15) is 0 Å². The Morgan fingerprint density at radius 2 is 2.00 bits per heavy atom. The van der Waals surface area contributed by atoms with Crippen molar-refractivity contribution in [1.29, 1.82) is 0 Å². The first-order valence-electron chi connectivity index (χ1n) is 4.39. The fourth-order valence-corrected chi connectivity index (χ4v) is 1.52. The zero-order valence-electron chi connectivity index (χ0n) is 7.76. The molecule has 2 N–H and O–H groups in total. The second-order valence-electron chi connectivity index (χ2n) is 4.43. The lowest BCUT2D eigenvalue weighted by molar-refractivity contribution is -0.0117. The molecule has 1 rings (SSSR count). The summed E-state index contributed by atoms with van der Waals surface area (Å²) in [5, 5.41) is 0. The standard InChI is InChI=1S/C9H19NO/c1-9(2,3)8-5-4-7(6-10)11-8/h7-8H,4-6,10H2,1-3H3/t7-,8-/m1/s1. The van der Waals surface area contributed by atoms with E-state index in [9.17, 15) is 0 Å². The third-order valence-electron chi connectivity index (χ3n) is 2.34. The van der Waals surface area contributed by atoms with Gasteiger partial charge < -0.3 is 10.5 Å². The monoisotopic (exact) mass is 157 g/mol. The van der Waals surface area contributed by atoms with Gasteiger partial charge in [-0.1, -0.05) is 20.8 Å². The highest BCUT2D eigenvalue weighted by Gasteiger charge is 2.32. The molecule has 2 atom stereocenters. The van der Waals surface area contributed by atoms with Gasteiger partial charge in [-0.15, -0.1) is 0 Å². The Morgan fingerprint density at radius 3 is 2.27 bits per heavy atom. The van der Waals surface area contributed by atoms with Crippen LogP contribution in [-0.2, 0) is 4.74 Å². The predicted octanol–water partition coefficient (Wildman–Crippen LogP) is 1.54. The maximum Gasteiger partial charge on any atom is 0.0702 e. The molecule has 0 bridgehead atoms. The largest absolute Gasteiger partial charge is 0.373 e. The lowest BCUT2D eigenvalue weighted by atomic mass is 9.87. The smallest absolute Gasteiger partial charge is 0.0702 e. The van der Waals surface area contributed by atoms with Crippen molar-refractivity contribution in [2.75, 3.05) is 6.54 Å². The maximum absolute atomic E-state index is 5.75. The minimum absolute atomic E-state index is 0.282. The average molecular weight is 157 g/mol. The zero-order chi connectivity index (χ0) is 8.48. The van der Waals surface area contributed by atoms with Crippen LogP contribution in [0.4, 0.5) is 0 Å². The van der Waals surface area contributed by atoms with E-state index in [1.165, 1.54) is 6.42 Å². The van der Waals surface area contributed by atoms with Gasteiger partial charge in [0.15, 0.2) is 0 Å². The molecule has 0 spiro atoms. The fraction of sp³-hybridized carbons (Fsp3) is 1.00. The summed E-state index contributed by atoms with van der Waals surface area (Å²) in [6, 6.07) is 0. The highest BCUT2D eigenvalue weighted by molar-refractivity contribution is 4.82. The van der Waals surface area contributed by atoms with Gasteiger partial charge in [-0.25, -0.2) is 0 Å². The minimum atomic E-state index is 0.282. The molecule has 2 nitrogen and oxygen atoms in total. The molecule has 11 heavy (non-hydrogen) atoms. The Labute approximate surface area is 69.1 Å². The van der Waals surface area contributed by atoms with Gasteiger partial charge in [-0.3, -0.25) is 0 Å². The molecule has 0 unspecified atom stereocenters. The average Bonchev–Trinajstić information content (AvgIpc) is 2.32. The Hall–Kier alpha value is -0.0800. The molecule has 1 fully saturated rings. The van der Waals surface area contributed by atoms with Gasteiger partial charge >= 0.3 is 0 Å². The van der Waals surface area contributed by atoms with Crippen molar-refractivity contribution >= 4 is 0 Å². The van der Waals surface area contributed by atoms with Crippen LogP contribution in [0.5, 0.6) is 0 Å². The summed E-state index contributed by atoms with van der Waals surface area (Å²) in [4.78, 5) is 0. The lowest BCUT2D eigenvalue weighted by Crippen LogP contribution is -2.28. The molecule has 1 aliphatic rings. The van der Waals surface area contributed by atoms with Crippen molar-refractivity contribution in [3.8, 4) is 0 Å². The van der Waals surface area contributed by atoms with Gasteiger partial charge in [-0.2, -0.15) is 0 Å². The van der Waals surface area contributed by atoms with E-state index >= 15 is 0 Å². The van der Waals surface area contributed by atoms with Crippen LogP contribution in [0.25, 0.3) is 0 Å². The first-order valence-corrected chi connectivity index (χ1v) is 4.39. The van der Waals surface area contributed by atoms with E-state index in [4.69, 9.17) is 10.5 Å². The van der Waals surface area contributed by atoms with E-state index in [0.717, 1.165) is 6.42 Å². The molecule has 0 aromatic carbocycles. The van der Waals surface area contributed by atoms with Gasteiger partial charge in [-0.05, 0) is 18.3 Å². The third kappa shape index (κ3) is 2.17. The number of nitrogens with two attached hydrogens (primary N) is 1. The summed E-state index contributed by atoms with van der Waals surface area (Å²) in [5.41, 5.74) is 5.80. The number of ether oxygens (including phenoxy) is 1. The molecule has 0 saturated carbocycles. The van der Waals surface area contributed by atoms with Gasteiger partial charge in [0.05, 0.1) is 12.2 Å². The fourth-order valence-electron chi connectivity index (χ4n) is 1.52. The predicted molar refractivity (Wildman–Crippen MR) is 46.4 cm³/mol. The molecule has 1 saturated heterocycles. The van der Waals surface area contributed by atoms with Crippen LogP contribution >= 0.6 is 0 Å². The van der Waals surface area contributed by atoms with Gasteiger partial charge in [0.25, 0.3) is 0 Å². The zero-order valence-corrected chi connectivity index (χ0v) is 7.76. The van der Waals surface area contributed by atoms with Crippen LogP contribution in [0.3, 0.4) is 0 Å². The van der Waals surface area contributed by atoms with Crippen molar-refractivity contribution in [3.63, 3.8) is 0 Å². The van der Waals surface area contributed by atoms with Crippen molar-refractivity contribution in [1.82, 2.24) is 0 Å². The van der Waals surface area contributed by atoms with Crippen molar-refractivity contribution in [3.05, 3.63) is 0 Å². The van der Waals surface area contributed by atoms with Crippen molar-refractivity contribution in [2.45, 2.75) is 45.8 Å². The molecule has 0 aromatic heterocycles. The third-order valence-corrected chi connectivity index (χ3v) is 2.34. The second-order valence-corrected chi connectivity index (χ2v) is 4.43. The molecule has 2 heteroatoms. The Bertz CT molecular complexity index is 128. The Kier molecular flexibility index (Phi) is 2.55. The first kappa shape index (κ1) is 9.01. The van der Waals surface area contributed by atoms with E-state index in [2.05, 4.69) is 20.8 Å². The second kappa shape index (κ2) is 3.11. The van der Waals surface area contributed by atoms with Crippen LogP contribution in [0.1, 0.15) is 33.6 Å². The van der Waals surface area contributed by atoms with E-state index < -0.39 is 0 Å². The van der Waals surface area contributed by atoms with Crippen molar-refractivity contribution in [2.24, 2.45) is 11.1 Å². The van der Waals surface area contributed by atoms with E-state index in [-0.39, 0.29) is 5.41 Å². The Balaban J connectivity index is 2.42. The van der Waals surface area contributed by atoms with Crippen LogP contribution in [0, 0.1) is 5.41 Å². The van der Waals surface area contributed by atoms with Crippen LogP contribution in [0.15, 0.2) is 0 Å². The van der Waals surface area contributed by atoms with E-state index in [1.54, 1.807) is 0 Å². The normalized spacial score (nSPS) is 32.7. The summed E-state index contributed by atoms with van der Waals surface area (Å²) in [5.74, 6) is 0. The molecular formula is C9H19NO. The molecule has 1 aliphatic heterocycles. The van der Waals surface area contributed by atoms with Gasteiger partial charge in [0.2, 0.25) is 0 Å². The number of rotatable bonds is 1. The highest BCUT2D eigenvalue weighted by atomic mass is 16.5. The summed E-state index contributed by atoms with van der Waals surface area (Å²) < 4.78 is 5.75. The van der Waals surface area contributed by atoms with Crippen LogP contribution < -0.4 is 5.73 Å². The topological polar surface area (TPSA) is 35.2 Å². The van der Waals surface area contributed by atoms with Crippen LogP contribution in [0.2, 0.25) is 0 Å². The molecule has 66 valence electrons. The van der Waals surface area contributed by atoms with E-state index in [1.807, 2.05) is 0 Å². The molecule has 0 aromatic rings. The maximum atomic E-state index is 5.75. The quantitative estimate of drug-likeness (QED) is 0.626. The number of hydrogen-bond acceptors (Lipinski definition) is 2. The number of hydrogen-bond donors (Lipinski definition) is 1. The van der Waals surface area contributed by atoms with Gasteiger partial charge in [0, 0.05) is 6.54 Å². The Morgan fingerprint density at radius 1 is 1.36 bits per heavy atom. The molecule has 0 amide bonds. The molecule has 0 aliphatic carbocycles. The minimum Gasteiger partial charge on any atom is -0.373 e. The SMILES string of the molecule is CC(C)(C)[C@H]1CC[C@H](CN)O1. The van der Waals surface area contributed by atoms with E-state index in [0.29, 0.717) is 18.8 Å². The first-order chi connectivity index (χ1) is 5.04. The molecule has 1 heterocycles. The van der Waals surface area contributed by atoms with Crippen LogP contribution in [-0.4, -0.2) is 18.8 Å². The summed E-state index contributed by atoms with van der Waals surface area (Å²) in [6.45, 7) is 7.33.